The maximum Gasteiger partial charge on any atom is 0.228 e. The van der Waals surface area contributed by atoms with Crippen LogP contribution in [0.25, 0.3) is 33.4 Å². The zero-order chi connectivity index (χ0) is 25.9. The van der Waals surface area contributed by atoms with E-state index in [1.165, 1.54) is 0 Å². The summed E-state index contributed by atoms with van der Waals surface area (Å²) in [5, 5.41) is 14.3. The lowest BCUT2D eigenvalue weighted by molar-refractivity contribution is 0.465. The lowest BCUT2D eigenvalue weighted by Gasteiger charge is -2.12. The SMILES string of the molecule is Cc1cccc(-c2nnc(Nc3ccc(Oc4ncccc4-c4ccnc(N)n4)cc3)c3ccccc23)n1. The summed E-state index contributed by atoms with van der Waals surface area (Å²) in [4.78, 5) is 17.2. The standard InChI is InChI=1S/C29H22N8O/c1-18-6-4-10-25(33-18)26-21-7-2-3-8-22(21)27(37-36-26)34-19-11-13-20(14-12-19)38-28-23(9-5-16-31-28)24-15-17-32-29(30)35-24/h2-17H,1H3,(H,34,37)(H2,30,32,35). The summed E-state index contributed by atoms with van der Waals surface area (Å²) in [5.41, 5.74) is 10.4. The smallest absolute Gasteiger partial charge is 0.228 e. The zero-order valence-corrected chi connectivity index (χ0v) is 20.4. The number of pyridine rings is 2. The van der Waals surface area contributed by atoms with E-state index in [0.717, 1.165) is 33.5 Å². The molecule has 4 aromatic heterocycles. The lowest BCUT2D eigenvalue weighted by Crippen LogP contribution is -2.00. The van der Waals surface area contributed by atoms with Crippen LogP contribution in [0.5, 0.6) is 11.6 Å². The molecule has 0 aliphatic carbocycles. The molecule has 4 heterocycles. The van der Waals surface area contributed by atoms with Gasteiger partial charge in [-0.15, -0.1) is 10.2 Å². The van der Waals surface area contributed by atoms with Gasteiger partial charge in [0.25, 0.3) is 0 Å². The summed E-state index contributed by atoms with van der Waals surface area (Å²) in [6.07, 6.45) is 3.27. The molecule has 2 aromatic carbocycles. The van der Waals surface area contributed by atoms with E-state index in [1.54, 1.807) is 18.5 Å². The third-order valence-electron chi connectivity index (χ3n) is 5.87. The Balaban J connectivity index is 1.26. The number of benzene rings is 2. The van der Waals surface area contributed by atoms with Crippen molar-refractivity contribution < 1.29 is 4.74 Å². The molecule has 0 saturated carbocycles. The Hall–Kier alpha value is -5.44. The van der Waals surface area contributed by atoms with Crippen LogP contribution in [0.2, 0.25) is 0 Å². The first kappa shape index (κ1) is 23.0. The molecule has 0 bridgehead atoms. The van der Waals surface area contributed by atoms with E-state index in [9.17, 15) is 0 Å². The molecule has 0 atom stereocenters. The van der Waals surface area contributed by atoms with Crippen LogP contribution in [-0.2, 0) is 0 Å². The first-order chi connectivity index (χ1) is 18.6. The van der Waals surface area contributed by atoms with Crippen LogP contribution in [0.15, 0.2) is 97.3 Å². The number of ether oxygens (including phenoxy) is 1. The molecule has 38 heavy (non-hydrogen) atoms. The predicted molar refractivity (Wildman–Crippen MR) is 147 cm³/mol. The Morgan fingerprint density at radius 2 is 1.55 bits per heavy atom. The van der Waals surface area contributed by atoms with Crippen LogP contribution in [0.4, 0.5) is 17.5 Å². The fourth-order valence-corrected chi connectivity index (χ4v) is 4.11. The first-order valence-corrected chi connectivity index (χ1v) is 11.9. The van der Waals surface area contributed by atoms with E-state index >= 15 is 0 Å². The molecule has 9 nitrogen and oxygen atoms in total. The molecule has 0 aliphatic rings. The summed E-state index contributed by atoms with van der Waals surface area (Å²) < 4.78 is 6.08. The van der Waals surface area contributed by atoms with Crippen molar-refractivity contribution in [1.29, 1.82) is 0 Å². The summed E-state index contributed by atoms with van der Waals surface area (Å²) in [6.45, 7) is 1.96. The highest BCUT2D eigenvalue weighted by Gasteiger charge is 2.13. The average Bonchev–Trinajstić information content (AvgIpc) is 2.94. The van der Waals surface area contributed by atoms with Crippen LogP contribution in [-0.4, -0.2) is 30.1 Å². The van der Waals surface area contributed by atoms with Gasteiger partial charge in [-0.3, -0.25) is 4.98 Å². The van der Waals surface area contributed by atoms with Crippen LogP contribution in [0.1, 0.15) is 5.69 Å². The molecular formula is C29H22N8O. The van der Waals surface area contributed by atoms with Gasteiger partial charge in [0.2, 0.25) is 11.8 Å². The zero-order valence-electron chi connectivity index (χ0n) is 20.4. The van der Waals surface area contributed by atoms with Crippen molar-refractivity contribution in [2.24, 2.45) is 0 Å². The van der Waals surface area contributed by atoms with Crippen LogP contribution in [0, 0.1) is 6.92 Å². The van der Waals surface area contributed by atoms with Gasteiger partial charge in [-0.1, -0.05) is 30.3 Å². The third kappa shape index (κ3) is 4.68. The topological polar surface area (TPSA) is 125 Å². The number of nitrogen functional groups attached to an aromatic ring is 1. The molecule has 0 spiro atoms. The van der Waals surface area contributed by atoms with Gasteiger partial charge in [-0.25, -0.2) is 15.0 Å². The second kappa shape index (κ2) is 9.90. The van der Waals surface area contributed by atoms with E-state index in [2.05, 4.69) is 35.5 Å². The molecule has 0 radical (unpaired) electrons. The van der Waals surface area contributed by atoms with Gasteiger partial charge in [-0.2, -0.15) is 0 Å². The fraction of sp³-hybridized carbons (Fsp3) is 0.0345. The summed E-state index contributed by atoms with van der Waals surface area (Å²) >= 11 is 0. The van der Waals surface area contributed by atoms with E-state index in [-0.39, 0.29) is 5.95 Å². The van der Waals surface area contributed by atoms with Crippen LogP contribution < -0.4 is 15.8 Å². The molecule has 6 rings (SSSR count). The average molecular weight is 499 g/mol. The quantitative estimate of drug-likeness (QED) is 0.286. The molecule has 0 unspecified atom stereocenters. The molecule has 0 aliphatic heterocycles. The van der Waals surface area contributed by atoms with Gasteiger partial charge in [0.05, 0.1) is 17.0 Å². The van der Waals surface area contributed by atoms with Crippen molar-refractivity contribution in [1.82, 2.24) is 30.1 Å². The molecule has 0 saturated heterocycles. The minimum Gasteiger partial charge on any atom is -0.438 e. The number of aryl methyl sites for hydroxylation is 1. The number of aromatic nitrogens is 6. The summed E-state index contributed by atoms with van der Waals surface area (Å²) in [6, 6.07) is 26.9. The number of nitrogens with two attached hydrogens (primary N) is 1. The van der Waals surface area contributed by atoms with Gasteiger partial charge in [-0.05, 0) is 61.5 Å². The number of nitrogens with zero attached hydrogens (tertiary/aromatic N) is 6. The minimum atomic E-state index is 0.187. The van der Waals surface area contributed by atoms with Gasteiger partial charge < -0.3 is 15.8 Å². The molecule has 6 aromatic rings. The van der Waals surface area contributed by atoms with Crippen LogP contribution >= 0.6 is 0 Å². The second-order valence-corrected chi connectivity index (χ2v) is 8.51. The maximum absolute atomic E-state index is 6.08. The summed E-state index contributed by atoms with van der Waals surface area (Å²) in [5.74, 6) is 1.88. The molecule has 0 fully saturated rings. The van der Waals surface area contributed by atoms with Gasteiger partial charge >= 0.3 is 0 Å². The number of anilines is 3. The van der Waals surface area contributed by atoms with E-state index in [0.29, 0.717) is 28.7 Å². The number of hydrogen-bond acceptors (Lipinski definition) is 9. The molecule has 9 heteroatoms. The Bertz CT molecular complexity index is 1750. The highest BCUT2D eigenvalue weighted by atomic mass is 16.5. The highest BCUT2D eigenvalue weighted by Crippen LogP contribution is 2.33. The minimum absolute atomic E-state index is 0.187. The normalized spacial score (nSPS) is 10.9. The van der Waals surface area contributed by atoms with Crippen molar-refractivity contribution in [2.45, 2.75) is 6.92 Å². The van der Waals surface area contributed by atoms with Crippen LogP contribution in [0.3, 0.4) is 0 Å². The molecule has 3 N–H and O–H groups in total. The predicted octanol–water partition coefficient (Wildman–Crippen LogP) is 5.97. The van der Waals surface area contributed by atoms with E-state index in [1.807, 2.05) is 85.8 Å². The Kier molecular flexibility index (Phi) is 5.99. The van der Waals surface area contributed by atoms with E-state index in [4.69, 9.17) is 10.5 Å². The lowest BCUT2D eigenvalue weighted by atomic mass is 10.1. The highest BCUT2D eigenvalue weighted by molar-refractivity contribution is 6.00. The van der Waals surface area contributed by atoms with Crippen molar-refractivity contribution in [3.8, 4) is 34.3 Å². The van der Waals surface area contributed by atoms with E-state index < -0.39 is 0 Å². The Labute approximate surface area is 218 Å². The number of rotatable bonds is 6. The monoisotopic (exact) mass is 498 g/mol. The van der Waals surface area contributed by atoms with Crippen molar-refractivity contribution in [3.63, 3.8) is 0 Å². The van der Waals surface area contributed by atoms with Gasteiger partial charge in [0.1, 0.15) is 11.4 Å². The number of hydrogen-bond donors (Lipinski definition) is 2. The van der Waals surface area contributed by atoms with Crippen molar-refractivity contribution in [3.05, 3.63) is 103 Å². The van der Waals surface area contributed by atoms with Gasteiger partial charge in [0.15, 0.2) is 5.82 Å². The Morgan fingerprint density at radius 3 is 2.37 bits per heavy atom. The van der Waals surface area contributed by atoms with Gasteiger partial charge in [0, 0.05) is 34.5 Å². The maximum atomic E-state index is 6.08. The molecule has 184 valence electrons. The fourth-order valence-electron chi connectivity index (χ4n) is 4.11. The summed E-state index contributed by atoms with van der Waals surface area (Å²) in [7, 11) is 0. The molecule has 0 amide bonds. The Morgan fingerprint density at radius 1 is 0.711 bits per heavy atom. The third-order valence-corrected chi connectivity index (χ3v) is 5.87. The largest absolute Gasteiger partial charge is 0.438 e. The van der Waals surface area contributed by atoms with Crippen molar-refractivity contribution >= 4 is 28.2 Å². The number of fused-ring (bicyclic) bond motifs is 1. The second-order valence-electron chi connectivity index (χ2n) is 8.51. The first-order valence-electron chi connectivity index (χ1n) is 11.9. The van der Waals surface area contributed by atoms with Crippen molar-refractivity contribution in [2.75, 3.05) is 11.1 Å². The number of nitrogens with one attached hydrogen (secondary N) is 1. The molecular weight excluding hydrogens is 476 g/mol.